The second kappa shape index (κ2) is 5.56. The van der Waals surface area contributed by atoms with Crippen molar-refractivity contribution in [2.45, 2.75) is 23.8 Å². The van der Waals surface area contributed by atoms with E-state index in [2.05, 4.69) is 19.4 Å². The summed E-state index contributed by atoms with van der Waals surface area (Å²) >= 11 is 0. The van der Waals surface area contributed by atoms with Gasteiger partial charge in [-0.05, 0) is 60.1 Å². The summed E-state index contributed by atoms with van der Waals surface area (Å²) in [5.41, 5.74) is -4.52. The van der Waals surface area contributed by atoms with Gasteiger partial charge >= 0.3 is 15.6 Å². The fraction of sp³-hybridized carbons (Fsp3) is 0.318. The molecule has 34 heavy (non-hydrogen) atoms. The maximum atomic E-state index is 14.3. The Kier molecular flexibility index (Phi) is 3.31. The summed E-state index contributed by atoms with van der Waals surface area (Å²) in [6, 6.07) is 7.90. The first-order valence-corrected chi connectivity index (χ1v) is 11.7. The molecule has 2 heterocycles. The van der Waals surface area contributed by atoms with E-state index < -0.39 is 38.6 Å². The van der Waals surface area contributed by atoms with Gasteiger partial charge in [-0.1, -0.05) is 6.07 Å². The van der Waals surface area contributed by atoms with Crippen molar-refractivity contribution < 1.29 is 34.6 Å². The van der Waals surface area contributed by atoms with Crippen LogP contribution in [0.5, 0.6) is 5.88 Å². The molecule has 3 fully saturated rings. The average molecular weight is 493 g/mol. The zero-order valence-electron chi connectivity index (χ0n) is 17.1. The Morgan fingerprint density at radius 3 is 2.44 bits per heavy atom. The normalized spacial score (nSPS) is 31.4. The molecular formula is C22H12F5N3O3S. The molecule has 0 N–H and O–H groups in total. The highest BCUT2D eigenvalue weighted by atomic mass is 32.2. The lowest BCUT2D eigenvalue weighted by Gasteiger charge is -2.25. The molecule has 4 aliphatic carbocycles. The molecule has 0 radical (unpaired) electrons. The van der Waals surface area contributed by atoms with E-state index in [4.69, 9.17) is 0 Å². The molecule has 174 valence electrons. The smallest absolute Gasteiger partial charge is 0.355 e. The van der Waals surface area contributed by atoms with Crippen LogP contribution in [-0.2, 0) is 15.5 Å². The number of hydrogen-bond acceptors (Lipinski definition) is 6. The van der Waals surface area contributed by atoms with Gasteiger partial charge in [0.05, 0.1) is 28.1 Å². The van der Waals surface area contributed by atoms with Crippen LogP contribution in [0.3, 0.4) is 0 Å². The van der Waals surface area contributed by atoms with Gasteiger partial charge < -0.3 is 4.18 Å². The number of hydrogen-bond donors (Lipinski definition) is 0. The summed E-state index contributed by atoms with van der Waals surface area (Å²) in [6.07, 6.45) is 0. The van der Waals surface area contributed by atoms with Gasteiger partial charge in [0.25, 0.3) is 0 Å². The standard InChI is InChI=1S/C22H12F5N3O3S/c1-8-5-13(28-14(6-8)33-34(31,32)22(25,26)27)20-18-17-16(21(17,18)20)9-7-12(29-30-19(9)20)15-10(23)3-2-4-11(15)24/h2-7,16-18H,1H3/t16?,17?,18?,20-,21?/m1/s1. The van der Waals surface area contributed by atoms with Crippen molar-refractivity contribution in [1.29, 1.82) is 0 Å². The summed E-state index contributed by atoms with van der Waals surface area (Å²) in [6.45, 7) is 1.59. The SMILES string of the molecule is Cc1cc(OS(=O)(=O)C(F)(F)F)nc([C@]23c4nnc(-c5c(F)cccc5F)cc4C4C5C2C453)c1. The van der Waals surface area contributed by atoms with Crippen molar-refractivity contribution in [3.8, 4) is 17.1 Å². The largest absolute Gasteiger partial charge is 0.534 e. The van der Waals surface area contributed by atoms with Crippen LogP contribution in [0.1, 0.15) is 28.4 Å². The number of aromatic nitrogens is 3. The molecule has 4 unspecified atom stereocenters. The molecule has 7 rings (SSSR count). The Morgan fingerprint density at radius 2 is 1.76 bits per heavy atom. The Hall–Kier alpha value is -3.15. The summed E-state index contributed by atoms with van der Waals surface area (Å²) in [5, 5.41) is 8.35. The van der Waals surface area contributed by atoms with Gasteiger partial charge in [-0.3, -0.25) is 0 Å². The summed E-state index contributed by atoms with van der Waals surface area (Å²) < 4.78 is 94.2. The minimum Gasteiger partial charge on any atom is -0.355 e. The molecule has 3 aromatic rings. The number of aryl methyl sites for hydroxylation is 1. The minimum absolute atomic E-state index is 0.0579. The first-order chi connectivity index (χ1) is 16.0. The van der Waals surface area contributed by atoms with Gasteiger partial charge in [0.1, 0.15) is 11.6 Å². The predicted octanol–water partition coefficient (Wildman–Crippen LogP) is 4.00. The van der Waals surface area contributed by atoms with Gasteiger partial charge in [0.2, 0.25) is 5.88 Å². The van der Waals surface area contributed by atoms with Crippen LogP contribution in [0.15, 0.2) is 36.4 Å². The quantitative estimate of drug-likeness (QED) is 0.311. The van der Waals surface area contributed by atoms with Crippen molar-refractivity contribution in [2.24, 2.45) is 17.3 Å². The lowest BCUT2D eigenvalue weighted by molar-refractivity contribution is -0.0501. The van der Waals surface area contributed by atoms with E-state index in [1.165, 1.54) is 6.07 Å². The van der Waals surface area contributed by atoms with E-state index in [1.807, 2.05) is 0 Å². The highest BCUT2D eigenvalue weighted by molar-refractivity contribution is 7.87. The van der Waals surface area contributed by atoms with E-state index >= 15 is 0 Å². The third-order valence-electron chi connectivity index (χ3n) is 7.73. The van der Waals surface area contributed by atoms with Crippen LogP contribution < -0.4 is 4.18 Å². The first kappa shape index (κ1) is 20.2. The number of alkyl halides is 3. The summed E-state index contributed by atoms with van der Waals surface area (Å²) in [7, 11) is -5.88. The minimum atomic E-state index is -5.88. The van der Waals surface area contributed by atoms with Crippen LogP contribution in [0.4, 0.5) is 22.0 Å². The van der Waals surface area contributed by atoms with Crippen LogP contribution in [0.25, 0.3) is 11.3 Å². The van der Waals surface area contributed by atoms with Crippen LogP contribution >= 0.6 is 0 Å². The molecular weight excluding hydrogens is 481 g/mol. The third kappa shape index (κ3) is 2.04. The monoisotopic (exact) mass is 493 g/mol. The molecule has 0 aliphatic heterocycles. The Morgan fingerprint density at radius 1 is 1.06 bits per heavy atom. The van der Waals surface area contributed by atoms with Gasteiger partial charge in [-0.15, -0.1) is 5.10 Å². The molecule has 5 atom stereocenters. The van der Waals surface area contributed by atoms with Gasteiger partial charge in [0.15, 0.2) is 0 Å². The number of nitrogens with zero attached hydrogens (tertiary/aromatic N) is 3. The Bertz CT molecular complexity index is 1560. The predicted molar refractivity (Wildman–Crippen MR) is 105 cm³/mol. The molecule has 0 bridgehead atoms. The molecule has 6 nitrogen and oxygen atoms in total. The fourth-order valence-corrected chi connectivity index (χ4v) is 6.93. The van der Waals surface area contributed by atoms with Crippen LogP contribution in [0, 0.1) is 35.8 Å². The van der Waals surface area contributed by atoms with E-state index in [0.717, 1.165) is 23.8 Å². The lowest BCUT2D eigenvalue weighted by Crippen LogP contribution is -2.29. The van der Waals surface area contributed by atoms with Crippen LogP contribution in [-0.4, -0.2) is 29.1 Å². The lowest BCUT2D eigenvalue weighted by atomic mass is 9.82. The average Bonchev–Trinajstić information content (AvgIpc) is 3.65. The fourth-order valence-electron chi connectivity index (χ4n) is 6.53. The maximum absolute atomic E-state index is 14.3. The van der Waals surface area contributed by atoms with E-state index in [9.17, 15) is 30.4 Å². The zero-order valence-corrected chi connectivity index (χ0v) is 17.9. The number of halogens is 5. The Labute approximate surface area is 188 Å². The molecule has 2 aromatic heterocycles. The van der Waals surface area contributed by atoms with Crippen molar-refractivity contribution in [3.05, 3.63) is 70.5 Å². The number of fused-ring (bicyclic) bond motifs is 6. The van der Waals surface area contributed by atoms with Gasteiger partial charge in [-0.25, -0.2) is 13.8 Å². The van der Waals surface area contributed by atoms with E-state index in [-0.39, 0.29) is 28.5 Å². The second-order valence-corrected chi connectivity index (χ2v) is 10.7. The highest BCUT2D eigenvalue weighted by Gasteiger charge is 3.14. The second-order valence-electron chi connectivity index (χ2n) is 9.20. The number of rotatable bonds is 4. The van der Waals surface area contributed by atoms with E-state index in [1.54, 1.807) is 19.1 Å². The van der Waals surface area contributed by atoms with E-state index in [0.29, 0.717) is 22.9 Å². The Balaban J connectivity index is 1.32. The van der Waals surface area contributed by atoms with Crippen molar-refractivity contribution in [2.75, 3.05) is 0 Å². The molecule has 0 amide bonds. The molecule has 0 saturated heterocycles. The molecule has 4 aliphatic rings. The molecule has 12 heteroatoms. The summed E-state index contributed by atoms with van der Waals surface area (Å²) in [5.74, 6) is -1.58. The number of benzene rings is 1. The maximum Gasteiger partial charge on any atom is 0.534 e. The first-order valence-electron chi connectivity index (χ1n) is 10.3. The van der Waals surface area contributed by atoms with Crippen molar-refractivity contribution in [3.63, 3.8) is 0 Å². The third-order valence-corrected chi connectivity index (χ3v) is 8.68. The highest BCUT2D eigenvalue weighted by Crippen LogP contribution is 3.15. The summed E-state index contributed by atoms with van der Waals surface area (Å²) in [4.78, 5) is 4.14. The zero-order chi connectivity index (χ0) is 24.0. The van der Waals surface area contributed by atoms with Crippen LogP contribution in [0.2, 0.25) is 0 Å². The molecule has 1 spiro atoms. The topological polar surface area (TPSA) is 82.0 Å². The van der Waals surface area contributed by atoms with Crippen molar-refractivity contribution in [1.82, 2.24) is 15.2 Å². The van der Waals surface area contributed by atoms with Crippen molar-refractivity contribution >= 4 is 10.1 Å². The number of pyridine rings is 1. The van der Waals surface area contributed by atoms with Gasteiger partial charge in [-0.2, -0.15) is 26.7 Å². The molecule has 3 saturated carbocycles. The van der Waals surface area contributed by atoms with Gasteiger partial charge in [0, 0.05) is 11.5 Å². The molecule has 1 aromatic carbocycles.